The number of carbonyl (C=O) groups excluding carboxylic acids is 1. The van der Waals surface area contributed by atoms with Gasteiger partial charge in [0.1, 0.15) is 0 Å². The standard InChI is InChI=1S/C15H22N2O2/c1-2-11-5-4-9-17(10-8-11)15(19)12-6-3-7-13(16)14(12)18/h3,6-7,11,18H,2,4-5,8-10,16H2,1H3. The summed E-state index contributed by atoms with van der Waals surface area (Å²) in [6, 6.07) is 4.94. The first-order valence-electron chi connectivity index (χ1n) is 7.00. The lowest BCUT2D eigenvalue weighted by Crippen LogP contribution is -2.32. The van der Waals surface area contributed by atoms with Crippen molar-refractivity contribution < 1.29 is 9.90 Å². The first kappa shape index (κ1) is 13.7. The van der Waals surface area contributed by atoms with Crippen LogP contribution in [0.2, 0.25) is 0 Å². The van der Waals surface area contributed by atoms with Crippen LogP contribution in [0.1, 0.15) is 43.0 Å². The number of para-hydroxylation sites is 1. The molecule has 1 aliphatic heterocycles. The van der Waals surface area contributed by atoms with Crippen LogP contribution in [0.3, 0.4) is 0 Å². The third kappa shape index (κ3) is 3.00. The minimum absolute atomic E-state index is 0.0937. The highest BCUT2D eigenvalue weighted by atomic mass is 16.3. The highest BCUT2D eigenvalue weighted by Crippen LogP contribution is 2.27. The van der Waals surface area contributed by atoms with Gasteiger partial charge in [0.15, 0.2) is 5.75 Å². The van der Waals surface area contributed by atoms with Crippen molar-refractivity contribution in [3.05, 3.63) is 23.8 Å². The van der Waals surface area contributed by atoms with E-state index >= 15 is 0 Å². The number of nitrogens with zero attached hydrogens (tertiary/aromatic N) is 1. The molecule has 1 saturated heterocycles. The third-order valence-corrected chi connectivity index (χ3v) is 4.01. The molecule has 1 aromatic carbocycles. The first-order chi connectivity index (χ1) is 9.13. The zero-order chi connectivity index (χ0) is 13.8. The number of phenols is 1. The summed E-state index contributed by atoms with van der Waals surface area (Å²) in [5.41, 5.74) is 6.21. The van der Waals surface area contributed by atoms with Crippen molar-refractivity contribution in [1.82, 2.24) is 4.90 Å². The molecule has 1 aromatic rings. The minimum atomic E-state index is -0.110. The lowest BCUT2D eigenvalue weighted by molar-refractivity contribution is 0.0757. The van der Waals surface area contributed by atoms with Crippen molar-refractivity contribution in [1.29, 1.82) is 0 Å². The molecule has 1 aliphatic rings. The van der Waals surface area contributed by atoms with Gasteiger partial charge >= 0.3 is 0 Å². The van der Waals surface area contributed by atoms with Crippen molar-refractivity contribution in [2.24, 2.45) is 5.92 Å². The maximum Gasteiger partial charge on any atom is 0.257 e. The van der Waals surface area contributed by atoms with Crippen molar-refractivity contribution in [3.8, 4) is 5.75 Å². The number of phenolic OH excluding ortho intramolecular Hbond substituents is 1. The van der Waals surface area contributed by atoms with Gasteiger partial charge in [0.25, 0.3) is 5.91 Å². The second-order valence-electron chi connectivity index (χ2n) is 5.24. The van der Waals surface area contributed by atoms with Gasteiger partial charge in [-0.05, 0) is 37.3 Å². The summed E-state index contributed by atoms with van der Waals surface area (Å²) in [4.78, 5) is 14.3. The molecule has 1 atom stereocenters. The molecule has 0 spiro atoms. The van der Waals surface area contributed by atoms with E-state index < -0.39 is 0 Å². The van der Waals surface area contributed by atoms with E-state index in [0.717, 1.165) is 25.9 Å². The maximum atomic E-state index is 12.4. The van der Waals surface area contributed by atoms with Gasteiger partial charge in [-0.2, -0.15) is 0 Å². The van der Waals surface area contributed by atoms with E-state index in [-0.39, 0.29) is 17.3 Å². The molecule has 0 saturated carbocycles. The van der Waals surface area contributed by atoms with Crippen LogP contribution in [0.15, 0.2) is 18.2 Å². The molecular weight excluding hydrogens is 240 g/mol. The summed E-state index contributed by atoms with van der Waals surface area (Å²) in [6.45, 7) is 3.74. The van der Waals surface area contributed by atoms with Crippen LogP contribution in [0.4, 0.5) is 5.69 Å². The molecule has 1 unspecified atom stereocenters. The predicted octanol–water partition coefficient (Wildman–Crippen LogP) is 2.63. The monoisotopic (exact) mass is 262 g/mol. The third-order valence-electron chi connectivity index (χ3n) is 4.01. The number of hydrogen-bond donors (Lipinski definition) is 2. The van der Waals surface area contributed by atoms with Crippen molar-refractivity contribution >= 4 is 11.6 Å². The van der Waals surface area contributed by atoms with Crippen LogP contribution < -0.4 is 5.73 Å². The Morgan fingerprint density at radius 1 is 1.42 bits per heavy atom. The summed E-state index contributed by atoms with van der Waals surface area (Å²) < 4.78 is 0. The maximum absolute atomic E-state index is 12.4. The second-order valence-corrected chi connectivity index (χ2v) is 5.24. The summed E-state index contributed by atoms with van der Waals surface area (Å²) in [7, 11) is 0. The Morgan fingerprint density at radius 2 is 2.21 bits per heavy atom. The summed E-state index contributed by atoms with van der Waals surface area (Å²) in [5.74, 6) is 0.512. The Kier molecular flexibility index (Phi) is 4.30. The number of benzene rings is 1. The molecule has 0 aromatic heterocycles. The van der Waals surface area contributed by atoms with Gasteiger partial charge in [0.05, 0.1) is 11.3 Å². The van der Waals surface area contributed by atoms with Crippen molar-refractivity contribution in [2.75, 3.05) is 18.8 Å². The Hall–Kier alpha value is -1.71. The van der Waals surface area contributed by atoms with Gasteiger partial charge < -0.3 is 15.7 Å². The predicted molar refractivity (Wildman–Crippen MR) is 76.1 cm³/mol. The number of anilines is 1. The molecule has 104 valence electrons. The number of hydrogen-bond acceptors (Lipinski definition) is 3. The quantitative estimate of drug-likeness (QED) is 0.636. The molecule has 3 N–H and O–H groups in total. The molecule has 2 rings (SSSR count). The van der Waals surface area contributed by atoms with Gasteiger partial charge in [-0.1, -0.05) is 19.4 Å². The van der Waals surface area contributed by atoms with E-state index in [9.17, 15) is 9.90 Å². The largest absolute Gasteiger partial charge is 0.505 e. The molecule has 4 nitrogen and oxygen atoms in total. The zero-order valence-electron chi connectivity index (χ0n) is 11.4. The minimum Gasteiger partial charge on any atom is -0.505 e. The van der Waals surface area contributed by atoms with Crippen molar-refractivity contribution in [3.63, 3.8) is 0 Å². The zero-order valence-corrected chi connectivity index (χ0v) is 11.4. The highest BCUT2D eigenvalue weighted by Gasteiger charge is 2.23. The van der Waals surface area contributed by atoms with Gasteiger partial charge in [0, 0.05) is 13.1 Å². The molecular formula is C15H22N2O2. The van der Waals surface area contributed by atoms with Gasteiger partial charge in [-0.3, -0.25) is 4.79 Å². The number of carbonyl (C=O) groups is 1. The van der Waals surface area contributed by atoms with Crippen LogP contribution in [-0.2, 0) is 0 Å². The molecule has 19 heavy (non-hydrogen) atoms. The van der Waals surface area contributed by atoms with Crippen molar-refractivity contribution in [2.45, 2.75) is 32.6 Å². The summed E-state index contributed by atoms with van der Waals surface area (Å²) >= 11 is 0. The second kappa shape index (κ2) is 5.95. The fourth-order valence-electron chi connectivity index (χ4n) is 2.68. The van der Waals surface area contributed by atoms with E-state index in [1.807, 2.05) is 4.90 Å². The number of nitrogen functional groups attached to an aromatic ring is 1. The number of aromatic hydroxyl groups is 1. The fraction of sp³-hybridized carbons (Fsp3) is 0.533. The Labute approximate surface area is 114 Å². The van der Waals surface area contributed by atoms with Crippen LogP contribution in [0, 0.1) is 5.92 Å². The van der Waals surface area contributed by atoms with Crippen LogP contribution in [-0.4, -0.2) is 29.0 Å². The van der Waals surface area contributed by atoms with E-state index in [2.05, 4.69) is 6.92 Å². The molecule has 1 heterocycles. The molecule has 4 heteroatoms. The molecule has 1 fully saturated rings. The van der Waals surface area contributed by atoms with Crippen LogP contribution >= 0.6 is 0 Å². The molecule has 0 bridgehead atoms. The van der Waals surface area contributed by atoms with Gasteiger partial charge in [-0.25, -0.2) is 0 Å². The lowest BCUT2D eigenvalue weighted by atomic mass is 9.98. The average molecular weight is 262 g/mol. The first-order valence-corrected chi connectivity index (χ1v) is 7.00. The number of nitrogens with two attached hydrogens (primary N) is 1. The SMILES string of the molecule is CCC1CCCN(C(=O)c2cccc(N)c2O)CC1. The highest BCUT2D eigenvalue weighted by molar-refractivity contribution is 5.98. The molecule has 0 aliphatic carbocycles. The fourth-order valence-corrected chi connectivity index (χ4v) is 2.68. The smallest absolute Gasteiger partial charge is 0.257 e. The van der Waals surface area contributed by atoms with Crippen LogP contribution in [0.25, 0.3) is 0 Å². The number of likely N-dealkylation sites (tertiary alicyclic amines) is 1. The van der Waals surface area contributed by atoms with E-state index in [0.29, 0.717) is 11.5 Å². The topological polar surface area (TPSA) is 66.6 Å². The van der Waals surface area contributed by atoms with E-state index in [1.165, 1.54) is 12.8 Å². The normalized spacial score (nSPS) is 20.1. The van der Waals surface area contributed by atoms with E-state index in [4.69, 9.17) is 5.73 Å². The molecule has 0 radical (unpaired) electrons. The average Bonchev–Trinajstić information content (AvgIpc) is 2.66. The summed E-state index contributed by atoms with van der Waals surface area (Å²) in [6.07, 6.45) is 4.44. The molecule has 1 amide bonds. The Balaban J connectivity index is 2.13. The lowest BCUT2D eigenvalue weighted by Gasteiger charge is -2.21. The van der Waals surface area contributed by atoms with E-state index in [1.54, 1.807) is 18.2 Å². The van der Waals surface area contributed by atoms with Gasteiger partial charge in [0.2, 0.25) is 0 Å². The number of amides is 1. The van der Waals surface area contributed by atoms with Crippen LogP contribution in [0.5, 0.6) is 5.75 Å². The Bertz CT molecular complexity index is 459. The number of rotatable bonds is 2. The van der Waals surface area contributed by atoms with Gasteiger partial charge in [-0.15, -0.1) is 0 Å². The Morgan fingerprint density at radius 3 is 2.95 bits per heavy atom. The summed E-state index contributed by atoms with van der Waals surface area (Å²) in [5, 5.41) is 9.89.